The zero-order valence-electron chi connectivity index (χ0n) is 14.9. The number of nitrogens with zero attached hydrogens (tertiary/aromatic N) is 1. The molecule has 0 fully saturated rings. The lowest BCUT2D eigenvalue weighted by Gasteiger charge is -2.12. The fourth-order valence-electron chi connectivity index (χ4n) is 2.25. The van der Waals surface area contributed by atoms with Crippen molar-refractivity contribution in [1.29, 1.82) is 0 Å². The summed E-state index contributed by atoms with van der Waals surface area (Å²) in [5.74, 6) is -0.859. The Morgan fingerprint density at radius 1 is 0.962 bits per heavy atom. The third kappa shape index (κ3) is 5.07. The molecule has 2 aromatic rings. The van der Waals surface area contributed by atoms with E-state index in [4.69, 9.17) is 0 Å². The van der Waals surface area contributed by atoms with Gasteiger partial charge in [0, 0.05) is 31.0 Å². The number of carbonyl (C=O) groups excluding carboxylic acids is 3. The van der Waals surface area contributed by atoms with Crippen molar-refractivity contribution in [2.24, 2.45) is 0 Å². The molecule has 7 nitrogen and oxygen atoms in total. The molecule has 0 aliphatic rings. The fourth-order valence-corrected chi connectivity index (χ4v) is 2.25. The van der Waals surface area contributed by atoms with Crippen LogP contribution in [0.5, 0.6) is 0 Å². The molecular weight excluding hydrogens is 334 g/mol. The maximum Gasteiger partial charge on any atom is 0.337 e. The average Bonchev–Trinajstić information content (AvgIpc) is 2.65. The summed E-state index contributed by atoms with van der Waals surface area (Å²) in [6.07, 6.45) is 0. The van der Waals surface area contributed by atoms with Crippen molar-refractivity contribution in [1.82, 2.24) is 4.90 Å². The molecule has 2 rings (SSSR count). The van der Waals surface area contributed by atoms with Crippen LogP contribution >= 0.6 is 0 Å². The van der Waals surface area contributed by atoms with Gasteiger partial charge in [0.2, 0.25) is 5.91 Å². The molecule has 0 saturated heterocycles. The van der Waals surface area contributed by atoms with E-state index in [2.05, 4.69) is 15.4 Å². The largest absolute Gasteiger partial charge is 0.465 e. The smallest absolute Gasteiger partial charge is 0.337 e. The number of methoxy groups -OCH3 is 1. The maximum absolute atomic E-state index is 12.1. The van der Waals surface area contributed by atoms with Gasteiger partial charge in [0.15, 0.2) is 0 Å². The summed E-state index contributed by atoms with van der Waals surface area (Å²) in [6, 6.07) is 13.4. The molecule has 0 aromatic heterocycles. The van der Waals surface area contributed by atoms with E-state index in [0.29, 0.717) is 22.5 Å². The van der Waals surface area contributed by atoms with Gasteiger partial charge in [-0.2, -0.15) is 0 Å². The first kappa shape index (κ1) is 19.0. The molecule has 2 amide bonds. The Bertz CT molecular complexity index is 818. The Hall–Kier alpha value is -3.35. The molecule has 0 saturated carbocycles. The van der Waals surface area contributed by atoms with Gasteiger partial charge in [0.1, 0.15) is 0 Å². The first-order valence-electron chi connectivity index (χ1n) is 7.94. The summed E-state index contributed by atoms with van der Waals surface area (Å²) in [4.78, 5) is 37.1. The Morgan fingerprint density at radius 2 is 1.58 bits per heavy atom. The van der Waals surface area contributed by atoms with Crippen LogP contribution in [0.4, 0.5) is 11.4 Å². The molecule has 26 heavy (non-hydrogen) atoms. The predicted octanol–water partition coefficient (Wildman–Crippen LogP) is 2.23. The van der Waals surface area contributed by atoms with Crippen LogP contribution in [0.15, 0.2) is 48.5 Å². The van der Waals surface area contributed by atoms with Crippen molar-refractivity contribution in [2.45, 2.75) is 0 Å². The monoisotopic (exact) mass is 355 g/mol. The highest BCUT2D eigenvalue weighted by Crippen LogP contribution is 2.13. The van der Waals surface area contributed by atoms with Gasteiger partial charge in [0.05, 0.1) is 19.2 Å². The first-order valence-corrected chi connectivity index (χ1v) is 7.94. The number of hydrogen-bond donors (Lipinski definition) is 2. The molecule has 0 aliphatic heterocycles. The van der Waals surface area contributed by atoms with Crippen molar-refractivity contribution in [3.05, 3.63) is 59.7 Å². The number of hydrogen-bond acceptors (Lipinski definition) is 5. The highest BCUT2D eigenvalue weighted by atomic mass is 16.5. The van der Waals surface area contributed by atoms with Gasteiger partial charge in [-0.25, -0.2) is 4.79 Å². The van der Waals surface area contributed by atoms with E-state index in [1.807, 2.05) is 0 Å². The van der Waals surface area contributed by atoms with Crippen LogP contribution in [-0.2, 0) is 9.53 Å². The van der Waals surface area contributed by atoms with Crippen molar-refractivity contribution >= 4 is 29.2 Å². The summed E-state index contributed by atoms with van der Waals surface area (Å²) in [6.45, 7) is 0.0104. The number of carbonyl (C=O) groups is 3. The molecule has 0 bridgehead atoms. The molecule has 0 heterocycles. The summed E-state index contributed by atoms with van der Waals surface area (Å²) in [5, 5.41) is 5.68. The minimum atomic E-state index is -0.444. The minimum Gasteiger partial charge on any atom is -0.465 e. The van der Waals surface area contributed by atoms with Crippen molar-refractivity contribution in [2.75, 3.05) is 38.4 Å². The van der Waals surface area contributed by atoms with Gasteiger partial charge in [-0.1, -0.05) is 12.1 Å². The van der Waals surface area contributed by atoms with Crippen molar-refractivity contribution < 1.29 is 19.1 Å². The SMILES string of the molecule is COC(=O)c1cccc(NCC(=O)Nc2cccc(C(=O)N(C)C)c2)c1. The third-order valence-corrected chi connectivity index (χ3v) is 3.54. The summed E-state index contributed by atoms with van der Waals surface area (Å²) < 4.78 is 4.67. The van der Waals surface area contributed by atoms with Gasteiger partial charge in [-0.3, -0.25) is 9.59 Å². The zero-order chi connectivity index (χ0) is 19.1. The van der Waals surface area contributed by atoms with Gasteiger partial charge >= 0.3 is 5.97 Å². The zero-order valence-corrected chi connectivity index (χ0v) is 14.9. The Morgan fingerprint density at radius 3 is 2.23 bits per heavy atom. The van der Waals surface area contributed by atoms with Crippen LogP contribution in [-0.4, -0.2) is 50.4 Å². The molecule has 2 aromatic carbocycles. The lowest BCUT2D eigenvalue weighted by molar-refractivity contribution is -0.114. The van der Waals surface area contributed by atoms with Crippen molar-refractivity contribution in [3.8, 4) is 0 Å². The number of rotatable bonds is 6. The average molecular weight is 355 g/mol. The van der Waals surface area contributed by atoms with Crippen LogP contribution in [0.3, 0.4) is 0 Å². The Balaban J connectivity index is 1.96. The van der Waals surface area contributed by atoms with Crippen LogP contribution < -0.4 is 10.6 Å². The predicted molar refractivity (Wildman–Crippen MR) is 99.4 cm³/mol. The van der Waals surface area contributed by atoms with Crippen LogP contribution in [0, 0.1) is 0 Å². The molecule has 0 atom stereocenters. The minimum absolute atomic E-state index is 0.0104. The van der Waals surface area contributed by atoms with E-state index < -0.39 is 5.97 Å². The number of amides is 2. The maximum atomic E-state index is 12.1. The van der Waals surface area contributed by atoms with Crippen molar-refractivity contribution in [3.63, 3.8) is 0 Å². The Kier molecular flexibility index (Phi) is 6.32. The van der Waals surface area contributed by atoms with Gasteiger partial charge < -0.3 is 20.3 Å². The van der Waals surface area contributed by atoms with E-state index in [1.165, 1.54) is 12.0 Å². The Labute approximate surface area is 152 Å². The fraction of sp³-hybridized carbons (Fsp3) is 0.211. The highest BCUT2D eigenvalue weighted by molar-refractivity contribution is 5.98. The quantitative estimate of drug-likeness (QED) is 0.776. The molecular formula is C19H21N3O4. The van der Waals surface area contributed by atoms with E-state index in [-0.39, 0.29) is 18.4 Å². The number of nitrogens with one attached hydrogen (secondary N) is 2. The normalized spacial score (nSPS) is 9.96. The molecule has 136 valence electrons. The number of anilines is 2. The molecule has 0 radical (unpaired) electrons. The molecule has 0 aliphatic carbocycles. The van der Waals surface area contributed by atoms with E-state index in [9.17, 15) is 14.4 Å². The second-order valence-corrected chi connectivity index (χ2v) is 5.75. The summed E-state index contributed by atoms with van der Waals surface area (Å²) >= 11 is 0. The van der Waals surface area contributed by atoms with E-state index in [0.717, 1.165) is 0 Å². The number of ether oxygens (including phenoxy) is 1. The first-order chi connectivity index (χ1) is 12.4. The lowest BCUT2D eigenvalue weighted by atomic mass is 10.2. The van der Waals surface area contributed by atoms with Gasteiger partial charge in [-0.15, -0.1) is 0 Å². The summed E-state index contributed by atoms with van der Waals surface area (Å²) in [7, 11) is 4.64. The second kappa shape index (κ2) is 8.66. The number of benzene rings is 2. The molecule has 0 unspecified atom stereocenters. The van der Waals surface area contributed by atoms with Crippen LogP contribution in [0.1, 0.15) is 20.7 Å². The summed E-state index contributed by atoms with van der Waals surface area (Å²) in [5.41, 5.74) is 2.05. The van der Waals surface area contributed by atoms with Gasteiger partial charge in [0.25, 0.3) is 5.91 Å². The molecule has 0 spiro atoms. The van der Waals surface area contributed by atoms with E-state index in [1.54, 1.807) is 62.6 Å². The van der Waals surface area contributed by atoms with Gasteiger partial charge in [-0.05, 0) is 36.4 Å². The third-order valence-electron chi connectivity index (χ3n) is 3.54. The topological polar surface area (TPSA) is 87.7 Å². The standard InChI is InChI=1S/C19H21N3O4/c1-22(2)18(24)13-6-4-9-16(10-13)21-17(23)12-20-15-8-5-7-14(11-15)19(25)26-3/h4-11,20H,12H2,1-3H3,(H,21,23). The van der Waals surface area contributed by atoms with E-state index >= 15 is 0 Å². The van der Waals surface area contributed by atoms with Crippen LogP contribution in [0.25, 0.3) is 0 Å². The highest BCUT2D eigenvalue weighted by Gasteiger charge is 2.10. The number of esters is 1. The second-order valence-electron chi connectivity index (χ2n) is 5.75. The lowest BCUT2D eigenvalue weighted by Crippen LogP contribution is -2.23. The molecule has 2 N–H and O–H groups in total. The molecule has 7 heteroatoms. The van der Waals surface area contributed by atoms with Crippen LogP contribution in [0.2, 0.25) is 0 Å².